The van der Waals surface area contributed by atoms with Crippen LogP contribution >= 0.6 is 23.2 Å². The Bertz CT molecular complexity index is 748. The quantitative estimate of drug-likeness (QED) is 0.840. The van der Waals surface area contributed by atoms with E-state index >= 15 is 0 Å². The highest BCUT2D eigenvalue weighted by atomic mass is 35.5. The molecule has 0 spiro atoms. The van der Waals surface area contributed by atoms with Gasteiger partial charge >= 0.3 is 0 Å². The van der Waals surface area contributed by atoms with Crippen LogP contribution in [-0.2, 0) is 9.59 Å². The molecular weight excluding hydrogens is 349 g/mol. The zero-order valence-corrected chi connectivity index (χ0v) is 14.8. The third-order valence-corrected chi connectivity index (χ3v) is 3.95. The molecule has 2 amide bonds. The molecule has 126 valence electrons. The van der Waals surface area contributed by atoms with E-state index in [1.807, 2.05) is 0 Å². The lowest BCUT2D eigenvalue weighted by molar-refractivity contribution is -0.116. The topological polar surface area (TPSA) is 61.4 Å². The van der Waals surface area contributed by atoms with E-state index in [9.17, 15) is 9.59 Å². The van der Waals surface area contributed by atoms with Crippen LogP contribution < -0.4 is 15.5 Å². The monoisotopic (exact) mass is 365 g/mol. The zero-order chi connectivity index (χ0) is 17.7. The first-order valence-electron chi connectivity index (χ1n) is 7.20. The standard InChI is InChI=1S/C17H17Cl2N3O2/c1-11(23)22(2)14-6-4-13(5-7-14)20-10-17(24)21-16-9-12(18)3-8-15(16)19/h3-9,20H,10H2,1-2H3,(H,21,24). The van der Waals surface area contributed by atoms with E-state index in [0.29, 0.717) is 15.7 Å². The summed E-state index contributed by atoms with van der Waals surface area (Å²) in [6.45, 7) is 1.57. The van der Waals surface area contributed by atoms with E-state index in [-0.39, 0.29) is 18.4 Å². The molecule has 0 heterocycles. The maximum Gasteiger partial charge on any atom is 0.243 e. The Labute approximate surface area is 150 Å². The van der Waals surface area contributed by atoms with Gasteiger partial charge in [0.25, 0.3) is 0 Å². The summed E-state index contributed by atoms with van der Waals surface area (Å²) >= 11 is 11.9. The Morgan fingerprint density at radius 2 is 1.75 bits per heavy atom. The van der Waals surface area contributed by atoms with Crippen LogP contribution in [-0.4, -0.2) is 25.4 Å². The van der Waals surface area contributed by atoms with E-state index in [1.165, 1.54) is 11.8 Å². The first-order chi connectivity index (χ1) is 11.4. The maximum absolute atomic E-state index is 12.0. The van der Waals surface area contributed by atoms with Crippen molar-refractivity contribution >= 4 is 52.1 Å². The summed E-state index contributed by atoms with van der Waals surface area (Å²) in [5.74, 6) is -0.294. The van der Waals surface area contributed by atoms with Gasteiger partial charge in [0.15, 0.2) is 0 Å². The molecule has 0 aliphatic carbocycles. The molecule has 0 aliphatic heterocycles. The van der Waals surface area contributed by atoms with Gasteiger partial charge in [-0.05, 0) is 42.5 Å². The molecule has 2 rings (SSSR count). The van der Waals surface area contributed by atoms with E-state index in [4.69, 9.17) is 23.2 Å². The average molecular weight is 366 g/mol. The lowest BCUT2D eigenvalue weighted by Gasteiger charge is -2.15. The number of hydrogen-bond donors (Lipinski definition) is 2. The van der Waals surface area contributed by atoms with E-state index in [1.54, 1.807) is 49.5 Å². The number of carbonyl (C=O) groups excluding carboxylic acids is 2. The highest BCUT2D eigenvalue weighted by Crippen LogP contribution is 2.25. The van der Waals surface area contributed by atoms with Gasteiger partial charge in [0, 0.05) is 30.4 Å². The van der Waals surface area contributed by atoms with Gasteiger partial charge in [-0.2, -0.15) is 0 Å². The second-order valence-corrected chi connectivity index (χ2v) is 5.99. The third kappa shape index (κ3) is 4.88. The SMILES string of the molecule is CC(=O)N(C)c1ccc(NCC(=O)Nc2cc(Cl)ccc2Cl)cc1. The van der Waals surface area contributed by atoms with E-state index in [2.05, 4.69) is 10.6 Å². The third-order valence-electron chi connectivity index (χ3n) is 3.38. The van der Waals surface area contributed by atoms with Crippen LogP contribution in [0.15, 0.2) is 42.5 Å². The fourth-order valence-corrected chi connectivity index (χ4v) is 2.29. The van der Waals surface area contributed by atoms with Crippen LogP contribution in [0.25, 0.3) is 0 Å². The van der Waals surface area contributed by atoms with Crippen LogP contribution in [0.4, 0.5) is 17.1 Å². The van der Waals surface area contributed by atoms with E-state index < -0.39 is 0 Å². The van der Waals surface area contributed by atoms with Gasteiger partial charge in [-0.25, -0.2) is 0 Å². The molecule has 0 radical (unpaired) electrons. The summed E-state index contributed by atoms with van der Waals surface area (Å²) in [5.41, 5.74) is 2.01. The molecule has 0 unspecified atom stereocenters. The van der Waals surface area contributed by atoms with Crippen LogP contribution in [0.3, 0.4) is 0 Å². The van der Waals surface area contributed by atoms with Gasteiger partial charge in [0.05, 0.1) is 17.3 Å². The average Bonchev–Trinajstić information content (AvgIpc) is 2.56. The first kappa shape index (κ1) is 18.1. The van der Waals surface area contributed by atoms with Crippen molar-refractivity contribution < 1.29 is 9.59 Å². The Morgan fingerprint density at radius 1 is 1.08 bits per heavy atom. The lowest BCUT2D eigenvalue weighted by Crippen LogP contribution is -2.23. The summed E-state index contributed by atoms with van der Waals surface area (Å²) in [6.07, 6.45) is 0. The van der Waals surface area contributed by atoms with Crippen molar-refractivity contribution in [3.63, 3.8) is 0 Å². The van der Waals surface area contributed by atoms with Crippen LogP contribution in [0.2, 0.25) is 10.0 Å². The lowest BCUT2D eigenvalue weighted by atomic mass is 10.2. The maximum atomic E-state index is 12.0. The predicted octanol–water partition coefficient (Wildman–Crippen LogP) is 4.03. The molecule has 7 heteroatoms. The predicted molar refractivity (Wildman–Crippen MR) is 99.1 cm³/mol. The summed E-state index contributed by atoms with van der Waals surface area (Å²) in [7, 11) is 1.70. The fourth-order valence-electron chi connectivity index (χ4n) is 1.95. The number of benzene rings is 2. The molecule has 0 aliphatic rings. The van der Waals surface area contributed by atoms with Gasteiger partial charge in [-0.1, -0.05) is 23.2 Å². The van der Waals surface area contributed by atoms with Crippen molar-refractivity contribution in [1.82, 2.24) is 0 Å². The van der Waals surface area contributed by atoms with Crippen molar-refractivity contribution in [1.29, 1.82) is 0 Å². The Balaban J connectivity index is 1.92. The first-order valence-corrected chi connectivity index (χ1v) is 7.95. The minimum Gasteiger partial charge on any atom is -0.376 e. The van der Waals surface area contributed by atoms with Gasteiger partial charge in [0.2, 0.25) is 11.8 Å². The fraction of sp³-hybridized carbons (Fsp3) is 0.176. The van der Waals surface area contributed by atoms with Crippen LogP contribution in [0, 0.1) is 0 Å². The number of anilines is 3. The second-order valence-electron chi connectivity index (χ2n) is 5.15. The number of rotatable bonds is 5. The van der Waals surface area contributed by atoms with Crippen molar-refractivity contribution in [2.45, 2.75) is 6.92 Å². The number of nitrogens with zero attached hydrogens (tertiary/aromatic N) is 1. The molecule has 2 aromatic rings. The largest absolute Gasteiger partial charge is 0.376 e. The van der Waals surface area contributed by atoms with E-state index in [0.717, 1.165) is 11.4 Å². The van der Waals surface area contributed by atoms with Gasteiger partial charge in [-0.3, -0.25) is 9.59 Å². The number of nitrogens with one attached hydrogen (secondary N) is 2. The molecule has 0 saturated heterocycles. The number of amides is 2. The summed E-state index contributed by atoms with van der Waals surface area (Å²) < 4.78 is 0. The summed E-state index contributed by atoms with van der Waals surface area (Å²) in [5, 5.41) is 6.61. The summed E-state index contributed by atoms with van der Waals surface area (Å²) in [4.78, 5) is 24.8. The molecule has 0 aromatic heterocycles. The van der Waals surface area contributed by atoms with Crippen molar-refractivity contribution in [3.05, 3.63) is 52.5 Å². The zero-order valence-electron chi connectivity index (χ0n) is 13.3. The Hall–Kier alpha value is -2.24. The van der Waals surface area contributed by atoms with Gasteiger partial charge in [-0.15, -0.1) is 0 Å². The molecule has 24 heavy (non-hydrogen) atoms. The van der Waals surface area contributed by atoms with Crippen molar-refractivity contribution in [2.75, 3.05) is 29.1 Å². The van der Waals surface area contributed by atoms with Gasteiger partial charge in [0.1, 0.15) is 0 Å². The highest BCUT2D eigenvalue weighted by Gasteiger charge is 2.08. The van der Waals surface area contributed by atoms with Crippen molar-refractivity contribution in [2.24, 2.45) is 0 Å². The molecular formula is C17H17Cl2N3O2. The molecule has 0 fully saturated rings. The van der Waals surface area contributed by atoms with Crippen LogP contribution in [0.5, 0.6) is 0 Å². The van der Waals surface area contributed by atoms with Crippen LogP contribution in [0.1, 0.15) is 6.92 Å². The second kappa shape index (κ2) is 8.04. The minimum absolute atomic E-state index is 0.0477. The Kier molecular flexibility index (Phi) is 6.06. The number of carbonyl (C=O) groups is 2. The minimum atomic E-state index is -0.246. The smallest absolute Gasteiger partial charge is 0.243 e. The molecule has 2 aromatic carbocycles. The highest BCUT2D eigenvalue weighted by molar-refractivity contribution is 6.35. The molecule has 0 atom stereocenters. The van der Waals surface area contributed by atoms with Crippen molar-refractivity contribution in [3.8, 4) is 0 Å². The molecule has 2 N–H and O–H groups in total. The van der Waals surface area contributed by atoms with Gasteiger partial charge < -0.3 is 15.5 Å². The molecule has 0 saturated carbocycles. The summed E-state index contributed by atoms with van der Waals surface area (Å²) in [6, 6.07) is 12.1. The molecule has 5 nitrogen and oxygen atoms in total. The molecule has 0 bridgehead atoms. The number of halogens is 2. The number of hydrogen-bond acceptors (Lipinski definition) is 3. The Morgan fingerprint density at radius 3 is 2.38 bits per heavy atom. The normalized spacial score (nSPS) is 10.2.